The largest absolute Gasteiger partial charge is 0.462 e. The van der Waals surface area contributed by atoms with Crippen molar-refractivity contribution in [3.05, 3.63) is 39.7 Å². The molecule has 3 rings (SSSR count). The number of aliphatic hydroxyl groups excluding tert-OH is 4. The molecule has 4 N–H and O–H groups in total. The normalized spacial score (nSPS) is 29.1. The molecule has 1 aliphatic heterocycles. The van der Waals surface area contributed by atoms with Crippen molar-refractivity contribution in [3.8, 4) is 5.75 Å². The van der Waals surface area contributed by atoms with E-state index in [4.69, 9.17) is 13.9 Å². The van der Waals surface area contributed by atoms with Crippen LogP contribution < -0.4 is 10.4 Å². The Balaban J connectivity index is 1.96. The predicted molar refractivity (Wildman–Crippen MR) is 91.0 cm³/mol. The van der Waals surface area contributed by atoms with Gasteiger partial charge >= 0.3 is 5.63 Å². The van der Waals surface area contributed by atoms with E-state index in [1.54, 1.807) is 19.1 Å². The molecule has 0 aliphatic carbocycles. The summed E-state index contributed by atoms with van der Waals surface area (Å²) in [5.74, 6) is 0.290. The maximum absolute atomic E-state index is 11.8. The zero-order valence-corrected chi connectivity index (χ0v) is 14.5. The van der Waals surface area contributed by atoms with Crippen LogP contribution in [0.2, 0.25) is 0 Å². The first-order valence-corrected chi connectivity index (χ1v) is 8.40. The predicted octanol–water partition coefficient (Wildman–Crippen LogP) is -0.157. The number of hydrogen-bond donors (Lipinski definition) is 4. The van der Waals surface area contributed by atoms with E-state index in [9.17, 15) is 25.2 Å². The summed E-state index contributed by atoms with van der Waals surface area (Å²) in [5, 5.41) is 39.8. The number of ether oxygens (including phenoxy) is 2. The topological polar surface area (TPSA) is 130 Å². The summed E-state index contributed by atoms with van der Waals surface area (Å²) in [6, 6.07) is 4.83. The highest BCUT2D eigenvalue weighted by Crippen LogP contribution is 2.31. The quantitative estimate of drug-likeness (QED) is 0.550. The Kier molecular flexibility index (Phi) is 5.31. The number of fused-ring (bicyclic) bond motifs is 1. The van der Waals surface area contributed by atoms with Gasteiger partial charge in [-0.3, -0.25) is 0 Å². The zero-order valence-electron chi connectivity index (χ0n) is 14.5. The van der Waals surface area contributed by atoms with Gasteiger partial charge in [-0.25, -0.2) is 4.79 Å². The van der Waals surface area contributed by atoms with Crippen molar-refractivity contribution in [2.45, 2.75) is 51.0 Å². The zero-order chi connectivity index (χ0) is 19.0. The molecule has 1 aliphatic rings. The maximum Gasteiger partial charge on any atom is 0.336 e. The molecule has 0 unspecified atom stereocenters. The van der Waals surface area contributed by atoms with Crippen molar-refractivity contribution in [1.82, 2.24) is 0 Å². The molecule has 8 nitrogen and oxygen atoms in total. The minimum absolute atomic E-state index is 0.290. The number of benzene rings is 1. The van der Waals surface area contributed by atoms with Crippen LogP contribution in [0.4, 0.5) is 0 Å². The van der Waals surface area contributed by atoms with Crippen LogP contribution in [0.15, 0.2) is 27.4 Å². The van der Waals surface area contributed by atoms with Crippen molar-refractivity contribution < 1.29 is 34.3 Å². The van der Waals surface area contributed by atoms with Gasteiger partial charge in [0, 0.05) is 17.0 Å². The molecule has 8 heteroatoms. The number of hydrogen-bond acceptors (Lipinski definition) is 8. The van der Waals surface area contributed by atoms with Crippen molar-refractivity contribution >= 4 is 11.0 Å². The summed E-state index contributed by atoms with van der Waals surface area (Å²) in [6.45, 7) is 3.09. The SMILES string of the molecule is CCc1cc(=O)oc2c(C)c(O[C@H]3O[C@@H](CO)[C@H](O)[C@@H](O)[C@@H]3O)ccc12. The lowest BCUT2D eigenvalue weighted by Gasteiger charge is -2.39. The summed E-state index contributed by atoms with van der Waals surface area (Å²) >= 11 is 0. The lowest BCUT2D eigenvalue weighted by molar-refractivity contribution is -0.277. The van der Waals surface area contributed by atoms with Gasteiger partial charge in [0.25, 0.3) is 0 Å². The number of rotatable bonds is 4. The summed E-state index contributed by atoms with van der Waals surface area (Å²) in [7, 11) is 0. The second-order valence-electron chi connectivity index (χ2n) is 6.32. The molecule has 0 radical (unpaired) electrons. The van der Waals surface area contributed by atoms with Gasteiger partial charge in [-0.05, 0) is 31.0 Å². The van der Waals surface area contributed by atoms with Gasteiger partial charge in [0.05, 0.1) is 6.61 Å². The van der Waals surface area contributed by atoms with E-state index >= 15 is 0 Å². The molecule has 1 aromatic heterocycles. The molecule has 26 heavy (non-hydrogen) atoms. The molecule has 0 amide bonds. The molecule has 0 bridgehead atoms. The molecule has 0 saturated carbocycles. The van der Waals surface area contributed by atoms with Gasteiger partial charge in [-0.1, -0.05) is 6.92 Å². The average molecular weight is 366 g/mol. The molecular weight excluding hydrogens is 344 g/mol. The molecule has 2 aromatic rings. The van der Waals surface area contributed by atoms with Crippen LogP contribution in [-0.4, -0.2) is 57.7 Å². The monoisotopic (exact) mass is 366 g/mol. The Morgan fingerprint density at radius 2 is 1.88 bits per heavy atom. The maximum atomic E-state index is 11.8. The molecule has 1 aromatic carbocycles. The fraction of sp³-hybridized carbons (Fsp3) is 0.500. The highest BCUT2D eigenvalue weighted by molar-refractivity contribution is 5.84. The summed E-state index contributed by atoms with van der Waals surface area (Å²) in [5.41, 5.74) is 1.28. The van der Waals surface area contributed by atoms with Gasteiger partial charge in [0.2, 0.25) is 6.29 Å². The lowest BCUT2D eigenvalue weighted by atomic mass is 9.99. The van der Waals surface area contributed by atoms with E-state index < -0.39 is 42.9 Å². The van der Waals surface area contributed by atoms with E-state index in [-0.39, 0.29) is 0 Å². The highest BCUT2D eigenvalue weighted by atomic mass is 16.7. The van der Waals surface area contributed by atoms with E-state index in [1.807, 2.05) is 6.92 Å². The third-order valence-corrected chi connectivity index (χ3v) is 4.67. The van der Waals surface area contributed by atoms with Crippen LogP contribution >= 0.6 is 0 Å². The molecule has 5 atom stereocenters. The smallest absolute Gasteiger partial charge is 0.336 e. The Morgan fingerprint density at radius 3 is 2.54 bits per heavy atom. The Morgan fingerprint density at radius 1 is 1.15 bits per heavy atom. The fourth-order valence-electron chi connectivity index (χ4n) is 3.12. The molecule has 142 valence electrons. The van der Waals surface area contributed by atoms with Gasteiger partial charge < -0.3 is 34.3 Å². The van der Waals surface area contributed by atoms with Crippen molar-refractivity contribution in [2.75, 3.05) is 6.61 Å². The van der Waals surface area contributed by atoms with E-state index in [1.165, 1.54) is 6.07 Å². The summed E-state index contributed by atoms with van der Waals surface area (Å²) < 4.78 is 16.3. The van der Waals surface area contributed by atoms with E-state index in [0.29, 0.717) is 23.3 Å². The van der Waals surface area contributed by atoms with Crippen molar-refractivity contribution in [2.24, 2.45) is 0 Å². The Labute approximate surface area is 149 Å². The van der Waals surface area contributed by atoms with Crippen LogP contribution in [0.3, 0.4) is 0 Å². The van der Waals surface area contributed by atoms with Crippen LogP contribution in [0, 0.1) is 6.92 Å². The highest BCUT2D eigenvalue weighted by Gasteiger charge is 2.44. The van der Waals surface area contributed by atoms with Crippen LogP contribution in [0.1, 0.15) is 18.1 Å². The minimum Gasteiger partial charge on any atom is -0.462 e. The number of aliphatic hydroxyl groups is 4. The second kappa shape index (κ2) is 7.34. The van der Waals surface area contributed by atoms with Gasteiger partial charge in [-0.15, -0.1) is 0 Å². The van der Waals surface area contributed by atoms with Crippen molar-refractivity contribution in [1.29, 1.82) is 0 Å². The van der Waals surface area contributed by atoms with E-state index in [2.05, 4.69) is 0 Å². The third-order valence-electron chi connectivity index (χ3n) is 4.67. The molecule has 1 fully saturated rings. The number of aryl methyl sites for hydroxylation is 2. The summed E-state index contributed by atoms with van der Waals surface area (Å²) in [6.07, 6.45) is -6.22. The van der Waals surface area contributed by atoms with Crippen molar-refractivity contribution in [3.63, 3.8) is 0 Å². The lowest BCUT2D eigenvalue weighted by Crippen LogP contribution is -2.60. The van der Waals surface area contributed by atoms with Gasteiger partial charge in [0.15, 0.2) is 0 Å². The second-order valence-corrected chi connectivity index (χ2v) is 6.32. The van der Waals surface area contributed by atoms with Crippen LogP contribution in [0.25, 0.3) is 11.0 Å². The first kappa shape index (κ1) is 18.8. The first-order chi connectivity index (χ1) is 12.4. The molecule has 1 saturated heterocycles. The van der Waals surface area contributed by atoms with Gasteiger partial charge in [-0.2, -0.15) is 0 Å². The molecule has 2 heterocycles. The standard InChI is InChI=1S/C18H22O8/c1-3-9-6-13(20)26-17-8(2)11(5-4-10(9)17)24-18-16(23)15(22)14(21)12(7-19)25-18/h4-6,12,14-16,18-19,21-23H,3,7H2,1-2H3/t12-,14-,15+,16-,18-/m0/s1. The Hall–Kier alpha value is -1.97. The molecular formula is C18H22O8. The summed E-state index contributed by atoms with van der Waals surface area (Å²) in [4.78, 5) is 11.8. The average Bonchev–Trinajstić information content (AvgIpc) is 2.63. The molecule has 0 spiro atoms. The first-order valence-electron chi connectivity index (χ1n) is 8.40. The van der Waals surface area contributed by atoms with Crippen LogP contribution in [0.5, 0.6) is 5.75 Å². The van der Waals surface area contributed by atoms with Gasteiger partial charge in [0.1, 0.15) is 35.7 Å². The van der Waals surface area contributed by atoms with E-state index in [0.717, 1.165) is 10.9 Å². The minimum atomic E-state index is -1.53. The fourth-order valence-corrected chi connectivity index (χ4v) is 3.12. The Bertz CT molecular complexity index is 843. The van der Waals surface area contributed by atoms with Crippen LogP contribution in [-0.2, 0) is 11.2 Å². The third kappa shape index (κ3) is 3.22.